The number of halogens is 3. The summed E-state index contributed by atoms with van der Waals surface area (Å²) in [6.07, 6.45) is -0.864. The highest BCUT2D eigenvalue weighted by molar-refractivity contribution is 5.86. The molecule has 21 heavy (non-hydrogen) atoms. The van der Waals surface area contributed by atoms with Gasteiger partial charge in [0.1, 0.15) is 11.2 Å². The Bertz CT molecular complexity index is 562. The van der Waals surface area contributed by atoms with Gasteiger partial charge in [-0.1, -0.05) is 19.1 Å². The summed E-state index contributed by atoms with van der Waals surface area (Å²) in [5.74, 6) is -0.824. The van der Waals surface area contributed by atoms with Gasteiger partial charge in [-0.2, -0.15) is 0 Å². The highest BCUT2D eigenvalue weighted by Crippen LogP contribution is 2.52. The second-order valence-electron chi connectivity index (χ2n) is 6.03. The van der Waals surface area contributed by atoms with Crippen LogP contribution < -0.4 is 0 Å². The summed E-state index contributed by atoms with van der Waals surface area (Å²) in [4.78, 5) is 14.2. The van der Waals surface area contributed by atoms with Crippen molar-refractivity contribution in [3.05, 3.63) is 35.6 Å². The average molecular weight is 297 g/mol. The molecule has 1 aromatic carbocycles. The van der Waals surface area contributed by atoms with Crippen molar-refractivity contribution in [2.45, 2.75) is 51.1 Å². The van der Waals surface area contributed by atoms with Gasteiger partial charge in [-0.25, -0.2) is 13.2 Å². The lowest BCUT2D eigenvalue weighted by Crippen LogP contribution is -2.40. The highest BCUT2D eigenvalue weighted by Gasteiger charge is 2.59. The number of hydrogen-bond acceptors (Lipinski definition) is 1. The first kappa shape index (κ1) is 14.4. The molecule has 2 nitrogen and oxygen atoms in total. The zero-order valence-corrected chi connectivity index (χ0v) is 11.9. The molecule has 2 saturated heterocycles. The van der Waals surface area contributed by atoms with Gasteiger partial charge in [0.2, 0.25) is 5.91 Å². The van der Waals surface area contributed by atoms with Crippen molar-refractivity contribution in [2.75, 3.05) is 0 Å². The minimum atomic E-state index is -2.64. The Balaban J connectivity index is 1.94. The molecular weight excluding hydrogens is 279 g/mol. The van der Waals surface area contributed by atoms with Gasteiger partial charge < -0.3 is 4.90 Å². The second-order valence-corrected chi connectivity index (χ2v) is 6.03. The van der Waals surface area contributed by atoms with Crippen molar-refractivity contribution in [3.63, 3.8) is 0 Å². The predicted molar refractivity (Wildman–Crippen MR) is 72.4 cm³/mol. The van der Waals surface area contributed by atoms with E-state index in [-0.39, 0.29) is 30.7 Å². The normalized spacial score (nSPS) is 32.0. The first-order valence-electron chi connectivity index (χ1n) is 7.36. The van der Waals surface area contributed by atoms with E-state index in [1.807, 2.05) is 0 Å². The molecular formula is C16H18F3NO. The smallest absolute Gasteiger partial charge is 0.252 e. The van der Waals surface area contributed by atoms with Gasteiger partial charge in [-0.3, -0.25) is 4.79 Å². The third-order valence-electron chi connectivity index (χ3n) is 5.04. The molecule has 1 aromatic rings. The standard InChI is InChI=1S/C16H18F3NO/c1-2-16(14(18)19)9-12-6-7-13(20(12)15(16)21)10-4-3-5-11(17)8-10/h3-5,8,12-14H,2,6-7,9H2,1H3/t12-,13?,16?/m0/s1. The molecule has 2 unspecified atom stereocenters. The van der Waals surface area contributed by atoms with E-state index in [9.17, 15) is 18.0 Å². The maximum absolute atomic E-state index is 13.4. The zero-order valence-electron chi connectivity index (χ0n) is 11.9. The van der Waals surface area contributed by atoms with Crippen molar-refractivity contribution in [1.29, 1.82) is 0 Å². The van der Waals surface area contributed by atoms with Gasteiger partial charge >= 0.3 is 0 Å². The van der Waals surface area contributed by atoms with Crippen molar-refractivity contribution < 1.29 is 18.0 Å². The molecule has 1 amide bonds. The topological polar surface area (TPSA) is 20.3 Å². The van der Waals surface area contributed by atoms with Crippen LogP contribution in [0.15, 0.2) is 24.3 Å². The van der Waals surface area contributed by atoms with Crippen LogP contribution >= 0.6 is 0 Å². The third-order valence-corrected chi connectivity index (χ3v) is 5.04. The number of fused-ring (bicyclic) bond motifs is 1. The van der Waals surface area contributed by atoms with Crippen molar-refractivity contribution in [2.24, 2.45) is 5.41 Å². The van der Waals surface area contributed by atoms with Gasteiger partial charge in [0.05, 0.1) is 6.04 Å². The number of rotatable bonds is 3. The van der Waals surface area contributed by atoms with Crippen LogP contribution in [0.1, 0.15) is 44.2 Å². The quantitative estimate of drug-likeness (QED) is 0.828. The van der Waals surface area contributed by atoms with E-state index in [1.54, 1.807) is 24.0 Å². The fourth-order valence-corrected chi connectivity index (χ4v) is 3.83. The van der Waals surface area contributed by atoms with Crippen LogP contribution in [0.4, 0.5) is 13.2 Å². The Kier molecular flexibility index (Phi) is 3.46. The maximum atomic E-state index is 13.4. The lowest BCUT2D eigenvalue weighted by atomic mass is 9.81. The Labute approximate surface area is 121 Å². The van der Waals surface area contributed by atoms with E-state index in [2.05, 4.69) is 0 Å². The second kappa shape index (κ2) is 5.04. The SMILES string of the molecule is CCC1(C(F)F)C[C@@H]2CCC(c3cccc(F)c3)N2C1=O. The molecule has 0 aliphatic carbocycles. The molecule has 2 aliphatic heterocycles. The number of carbonyl (C=O) groups excluding carboxylic acids is 1. The number of nitrogens with zero attached hydrogens (tertiary/aromatic N) is 1. The number of benzene rings is 1. The van der Waals surface area contributed by atoms with E-state index in [1.165, 1.54) is 12.1 Å². The lowest BCUT2D eigenvalue weighted by molar-refractivity contribution is -0.146. The molecule has 2 fully saturated rings. The molecule has 0 radical (unpaired) electrons. The third kappa shape index (κ3) is 2.05. The fraction of sp³-hybridized carbons (Fsp3) is 0.562. The summed E-state index contributed by atoms with van der Waals surface area (Å²) in [6.45, 7) is 1.64. The van der Waals surface area contributed by atoms with E-state index in [4.69, 9.17) is 0 Å². The van der Waals surface area contributed by atoms with Crippen LogP contribution in [0.25, 0.3) is 0 Å². The molecule has 0 bridgehead atoms. The van der Waals surface area contributed by atoms with Crippen molar-refractivity contribution in [1.82, 2.24) is 4.90 Å². The lowest BCUT2D eigenvalue weighted by Gasteiger charge is -2.29. The highest BCUT2D eigenvalue weighted by atomic mass is 19.3. The summed E-state index contributed by atoms with van der Waals surface area (Å²) < 4.78 is 40.3. The number of hydrogen-bond donors (Lipinski definition) is 0. The van der Waals surface area contributed by atoms with Crippen LogP contribution in [-0.2, 0) is 4.79 Å². The molecule has 0 aromatic heterocycles. The van der Waals surface area contributed by atoms with Gasteiger partial charge in [-0.15, -0.1) is 0 Å². The molecule has 5 heteroatoms. The predicted octanol–water partition coefficient (Wildman–Crippen LogP) is 3.92. The average Bonchev–Trinajstić information content (AvgIpc) is 2.98. The van der Waals surface area contributed by atoms with Crippen LogP contribution in [-0.4, -0.2) is 23.3 Å². The first-order valence-corrected chi connectivity index (χ1v) is 7.36. The number of alkyl halides is 2. The van der Waals surface area contributed by atoms with E-state index < -0.39 is 17.7 Å². The van der Waals surface area contributed by atoms with Gasteiger partial charge in [-0.05, 0) is 43.4 Å². The largest absolute Gasteiger partial charge is 0.332 e. The molecule has 2 aliphatic rings. The van der Waals surface area contributed by atoms with Crippen LogP contribution in [0.2, 0.25) is 0 Å². The molecule has 0 N–H and O–H groups in total. The summed E-state index contributed by atoms with van der Waals surface area (Å²) in [5.41, 5.74) is -0.844. The summed E-state index contributed by atoms with van der Waals surface area (Å²) in [5, 5.41) is 0. The Morgan fingerprint density at radius 3 is 2.76 bits per heavy atom. The van der Waals surface area contributed by atoms with E-state index >= 15 is 0 Å². The summed E-state index contributed by atoms with van der Waals surface area (Å²) in [7, 11) is 0. The molecule has 3 rings (SSSR count). The summed E-state index contributed by atoms with van der Waals surface area (Å²) in [6, 6.07) is 5.69. The van der Waals surface area contributed by atoms with E-state index in [0.717, 1.165) is 0 Å². The molecule has 2 heterocycles. The minimum absolute atomic E-state index is 0.139. The maximum Gasteiger partial charge on any atom is 0.252 e. The van der Waals surface area contributed by atoms with Crippen LogP contribution in [0.5, 0.6) is 0 Å². The molecule has 0 saturated carbocycles. The Morgan fingerprint density at radius 2 is 2.14 bits per heavy atom. The van der Waals surface area contributed by atoms with E-state index in [0.29, 0.717) is 18.4 Å². The number of carbonyl (C=O) groups is 1. The first-order chi connectivity index (χ1) is 9.99. The Morgan fingerprint density at radius 1 is 1.38 bits per heavy atom. The molecule has 3 atom stereocenters. The number of amides is 1. The van der Waals surface area contributed by atoms with Crippen molar-refractivity contribution >= 4 is 5.91 Å². The monoisotopic (exact) mass is 297 g/mol. The molecule has 0 spiro atoms. The summed E-state index contributed by atoms with van der Waals surface area (Å²) >= 11 is 0. The van der Waals surface area contributed by atoms with Crippen LogP contribution in [0.3, 0.4) is 0 Å². The van der Waals surface area contributed by atoms with Gasteiger partial charge in [0.25, 0.3) is 6.43 Å². The van der Waals surface area contributed by atoms with Gasteiger partial charge in [0, 0.05) is 6.04 Å². The zero-order chi connectivity index (χ0) is 15.2. The van der Waals surface area contributed by atoms with Gasteiger partial charge in [0.15, 0.2) is 0 Å². The molecule has 114 valence electrons. The Hall–Kier alpha value is -1.52. The van der Waals surface area contributed by atoms with Crippen LogP contribution in [0, 0.1) is 11.2 Å². The minimum Gasteiger partial charge on any atom is -0.332 e. The fourth-order valence-electron chi connectivity index (χ4n) is 3.83. The van der Waals surface area contributed by atoms with Crippen molar-refractivity contribution in [3.8, 4) is 0 Å².